The van der Waals surface area contributed by atoms with Gasteiger partial charge in [0, 0.05) is 17.9 Å². The second-order valence-electron chi connectivity index (χ2n) is 4.08. The van der Waals surface area contributed by atoms with Gasteiger partial charge in [0.2, 0.25) is 5.16 Å². The highest BCUT2D eigenvalue weighted by molar-refractivity contribution is 7.98. The molecule has 0 atom stereocenters. The highest BCUT2D eigenvalue weighted by Crippen LogP contribution is 2.27. The molecule has 0 aliphatic rings. The number of aryl methyl sites for hydroxylation is 1. The van der Waals surface area contributed by atoms with E-state index in [0.29, 0.717) is 13.1 Å². The molecule has 0 aliphatic heterocycles. The lowest BCUT2D eigenvalue weighted by Crippen LogP contribution is -2.12. The van der Waals surface area contributed by atoms with Crippen LogP contribution in [0, 0.1) is 6.92 Å². The maximum atomic E-state index is 5.52. The number of nitrogens with zero attached hydrogens (tertiary/aromatic N) is 4. The number of rotatable bonds is 6. The number of tetrazole rings is 1. The van der Waals surface area contributed by atoms with Crippen LogP contribution < -0.4 is 10.5 Å². The van der Waals surface area contributed by atoms with Crippen LogP contribution in [0.1, 0.15) is 11.1 Å². The van der Waals surface area contributed by atoms with Crippen molar-refractivity contribution in [1.29, 1.82) is 0 Å². The Hall–Kier alpha value is -1.60. The van der Waals surface area contributed by atoms with Gasteiger partial charge in [-0.3, -0.25) is 0 Å². The largest absolute Gasteiger partial charge is 0.496 e. The molecule has 2 N–H and O–H groups in total. The molecule has 6 nitrogen and oxygen atoms in total. The predicted octanol–water partition coefficient (Wildman–Crippen LogP) is 1.24. The molecule has 0 saturated carbocycles. The third-order valence-electron chi connectivity index (χ3n) is 2.63. The molecule has 1 aromatic carbocycles. The predicted molar refractivity (Wildman–Crippen MR) is 74.2 cm³/mol. The van der Waals surface area contributed by atoms with E-state index >= 15 is 0 Å². The van der Waals surface area contributed by atoms with Gasteiger partial charge in [0.05, 0.1) is 13.7 Å². The van der Waals surface area contributed by atoms with Gasteiger partial charge in [-0.05, 0) is 23.4 Å². The number of ether oxygens (including phenoxy) is 1. The Kier molecular flexibility index (Phi) is 4.75. The van der Waals surface area contributed by atoms with Crippen LogP contribution in [0.3, 0.4) is 0 Å². The number of hydrogen-bond acceptors (Lipinski definition) is 6. The van der Waals surface area contributed by atoms with Crippen LogP contribution in [0.25, 0.3) is 0 Å². The molecule has 7 heteroatoms. The fourth-order valence-electron chi connectivity index (χ4n) is 1.72. The molecule has 102 valence electrons. The Morgan fingerprint density at radius 3 is 3.00 bits per heavy atom. The monoisotopic (exact) mass is 279 g/mol. The van der Waals surface area contributed by atoms with Gasteiger partial charge in [-0.15, -0.1) is 5.10 Å². The maximum absolute atomic E-state index is 5.52. The minimum atomic E-state index is 0.520. The molecule has 2 aromatic rings. The average Bonchev–Trinajstić information content (AvgIpc) is 2.84. The third-order valence-corrected chi connectivity index (χ3v) is 3.64. The summed E-state index contributed by atoms with van der Waals surface area (Å²) < 4.78 is 7.07. The molecule has 0 unspecified atom stereocenters. The fourth-order valence-corrected chi connectivity index (χ4v) is 2.61. The summed E-state index contributed by atoms with van der Waals surface area (Å²) in [5.41, 5.74) is 7.86. The summed E-state index contributed by atoms with van der Waals surface area (Å²) in [5.74, 6) is 1.64. The van der Waals surface area contributed by atoms with Gasteiger partial charge in [0.1, 0.15) is 5.75 Å². The smallest absolute Gasteiger partial charge is 0.209 e. The first-order valence-corrected chi connectivity index (χ1v) is 6.95. The van der Waals surface area contributed by atoms with Crippen molar-refractivity contribution in [2.45, 2.75) is 24.4 Å². The standard InChI is InChI=1S/C12H17N5OS/c1-9-3-4-11(18-2)10(7-9)8-19-12-14-15-16-17(12)6-5-13/h3-4,7H,5-6,8,13H2,1-2H3. The third kappa shape index (κ3) is 3.45. The first kappa shape index (κ1) is 13.8. The number of hydrogen-bond donors (Lipinski definition) is 1. The summed E-state index contributed by atoms with van der Waals surface area (Å²) in [7, 11) is 1.68. The SMILES string of the molecule is COc1ccc(C)cc1CSc1nnnn1CCN. The summed E-state index contributed by atoms with van der Waals surface area (Å²) in [4.78, 5) is 0. The lowest BCUT2D eigenvalue weighted by Gasteiger charge is -2.09. The summed E-state index contributed by atoms with van der Waals surface area (Å²) in [6, 6.07) is 6.13. The minimum absolute atomic E-state index is 0.520. The van der Waals surface area contributed by atoms with Crippen LogP contribution >= 0.6 is 11.8 Å². The van der Waals surface area contributed by atoms with E-state index in [1.54, 1.807) is 23.6 Å². The van der Waals surface area contributed by atoms with E-state index in [1.165, 1.54) is 5.56 Å². The van der Waals surface area contributed by atoms with Crippen molar-refractivity contribution in [2.75, 3.05) is 13.7 Å². The normalized spacial score (nSPS) is 10.7. The molecule has 1 heterocycles. The van der Waals surface area contributed by atoms with Crippen molar-refractivity contribution < 1.29 is 4.74 Å². The van der Waals surface area contributed by atoms with Gasteiger partial charge in [0.15, 0.2) is 0 Å². The fraction of sp³-hybridized carbons (Fsp3) is 0.417. The zero-order valence-electron chi connectivity index (χ0n) is 11.0. The zero-order chi connectivity index (χ0) is 13.7. The second-order valence-corrected chi connectivity index (χ2v) is 5.02. The van der Waals surface area contributed by atoms with Crippen LogP contribution in [-0.2, 0) is 12.3 Å². The van der Waals surface area contributed by atoms with Gasteiger partial charge in [0.25, 0.3) is 0 Å². The number of thioether (sulfide) groups is 1. The van der Waals surface area contributed by atoms with Gasteiger partial charge in [-0.25, -0.2) is 4.68 Å². The number of benzene rings is 1. The van der Waals surface area contributed by atoms with Crippen molar-refractivity contribution in [1.82, 2.24) is 20.2 Å². The van der Waals surface area contributed by atoms with Crippen LogP contribution in [0.5, 0.6) is 5.75 Å². The van der Waals surface area contributed by atoms with Crippen molar-refractivity contribution in [3.8, 4) is 5.75 Å². The molecule has 0 spiro atoms. The van der Waals surface area contributed by atoms with Crippen LogP contribution in [0.4, 0.5) is 0 Å². The Bertz CT molecular complexity index is 543. The van der Waals surface area contributed by atoms with E-state index in [0.717, 1.165) is 22.2 Å². The van der Waals surface area contributed by atoms with E-state index in [2.05, 4.69) is 28.5 Å². The lowest BCUT2D eigenvalue weighted by atomic mass is 10.1. The molecule has 0 aliphatic carbocycles. The molecule has 2 rings (SSSR count). The summed E-state index contributed by atoms with van der Waals surface area (Å²) in [6.07, 6.45) is 0. The topological polar surface area (TPSA) is 78.9 Å². The second kappa shape index (κ2) is 6.53. The van der Waals surface area contributed by atoms with Gasteiger partial charge in [-0.1, -0.05) is 29.5 Å². The van der Waals surface area contributed by atoms with E-state index in [4.69, 9.17) is 10.5 Å². The Labute approximate surface area is 116 Å². The Morgan fingerprint density at radius 1 is 1.42 bits per heavy atom. The summed E-state index contributed by atoms with van der Waals surface area (Å²) in [6.45, 7) is 3.21. The number of nitrogens with two attached hydrogens (primary N) is 1. The molecule has 0 amide bonds. The highest BCUT2D eigenvalue weighted by atomic mass is 32.2. The van der Waals surface area contributed by atoms with Crippen LogP contribution in [0.2, 0.25) is 0 Å². The highest BCUT2D eigenvalue weighted by Gasteiger charge is 2.09. The molecule has 0 radical (unpaired) electrons. The van der Waals surface area contributed by atoms with Crippen LogP contribution in [0.15, 0.2) is 23.4 Å². The minimum Gasteiger partial charge on any atom is -0.496 e. The Morgan fingerprint density at radius 2 is 2.26 bits per heavy atom. The zero-order valence-corrected chi connectivity index (χ0v) is 11.9. The number of methoxy groups -OCH3 is 1. The summed E-state index contributed by atoms with van der Waals surface area (Å²) >= 11 is 1.58. The first-order chi connectivity index (χ1) is 9.24. The van der Waals surface area contributed by atoms with Gasteiger partial charge < -0.3 is 10.5 Å². The maximum Gasteiger partial charge on any atom is 0.209 e. The first-order valence-electron chi connectivity index (χ1n) is 5.97. The van der Waals surface area contributed by atoms with Gasteiger partial charge >= 0.3 is 0 Å². The van der Waals surface area contributed by atoms with E-state index in [1.807, 2.05) is 12.1 Å². The van der Waals surface area contributed by atoms with Crippen molar-refractivity contribution in [3.05, 3.63) is 29.3 Å². The Balaban J connectivity index is 2.09. The van der Waals surface area contributed by atoms with E-state index < -0.39 is 0 Å². The van der Waals surface area contributed by atoms with Gasteiger partial charge in [-0.2, -0.15) is 0 Å². The number of aromatic nitrogens is 4. The molecular formula is C12H17N5OS. The van der Waals surface area contributed by atoms with Crippen molar-refractivity contribution >= 4 is 11.8 Å². The summed E-state index contributed by atoms with van der Waals surface area (Å²) in [5, 5.41) is 12.3. The quantitative estimate of drug-likeness (QED) is 0.802. The van der Waals surface area contributed by atoms with E-state index in [-0.39, 0.29) is 0 Å². The molecule has 0 fully saturated rings. The average molecular weight is 279 g/mol. The molecule has 0 saturated heterocycles. The molecule has 0 bridgehead atoms. The lowest BCUT2D eigenvalue weighted by molar-refractivity contribution is 0.411. The van der Waals surface area contributed by atoms with Crippen molar-refractivity contribution in [3.63, 3.8) is 0 Å². The molecule has 1 aromatic heterocycles. The molecular weight excluding hydrogens is 262 g/mol. The van der Waals surface area contributed by atoms with Crippen molar-refractivity contribution in [2.24, 2.45) is 5.73 Å². The molecule has 19 heavy (non-hydrogen) atoms. The van der Waals surface area contributed by atoms with E-state index in [9.17, 15) is 0 Å². The van der Waals surface area contributed by atoms with Crippen LogP contribution in [-0.4, -0.2) is 33.9 Å².